The average Bonchev–Trinajstić information content (AvgIpc) is 3.19. The van der Waals surface area contributed by atoms with Gasteiger partial charge in [-0.15, -0.1) is 0 Å². The molecule has 0 aliphatic carbocycles. The second-order valence-electron chi connectivity index (χ2n) is 15.1. The maximum absolute atomic E-state index is 12.2. The fraction of sp³-hybridized carbons (Fsp3) is 0.500. The first-order chi connectivity index (χ1) is 26.5. The molecule has 0 aliphatic heterocycles. The Morgan fingerprint density at radius 3 is 1.71 bits per heavy atom. The zero-order valence-corrected chi connectivity index (χ0v) is 34.3. The third-order valence-corrected chi connectivity index (χ3v) is 10.4. The van der Waals surface area contributed by atoms with Crippen LogP contribution >= 0.6 is 0 Å². The summed E-state index contributed by atoms with van der Waals surface area (Å²) in [5.41, 5.74) is 9.44. The molecule has 0 unspecified atom stereocenters. The number of benzene rings is 3. The first-order valence-electron chi connectivity index (χ1n) is 20.4. The summed E-state index contributed by atoms with van der Waals surface area (Å²) in [6.07, 6.45) is 11.3. The molecule has 0 atom stereocenters. The Balaban J connectivity index is 2.04. The molecule has 3 aromatic carbocycles. The Bertz CT molecular complexity index is 1630. The number of unbranched alkanes of at least 4 members (excludes halogenated alkanes) is 3. The van der Waals surface area contributed by atoms with Gasteiger partial charge in [-0.3, -0.25) is 0 Å². The standard InChI is InChI=1S/C48H66O7/c1-8-11-13-16-37-19-21-39(22-20-37)40-23-24-44(38(10-3)30-40)43-31-41(17-14-27-54-46(51)35(4)5)45(42(32-43)18-15-28-55-47(52)36(6)7)53-29-26-48(33-49,34-50)25-12-9-2/h19-24,30-32,49-50H,4,6,8-18,25-29,33-34H2,1-3,5,7H3/p+1. The highest BCUT2D eigenvalue weighted by Crippen LogP contribution is 2.38. The number of hydrogen-bond acceptors (Lipinski definition) is 6. The van der Waals surface area contributed by atoms with Crippen LogP contribution in [0.3, 0.4) is 0 Å². The van der Waals surface area contributed by atoms with Crippen LogP contribution in [0.15, 0.2) is 78.9 Å². The molecule has 7 nitrogen and oxygen atoms in total. The fourth-order valence-corrected chi connectivity index (χ4v) is 6.84. The summed E-state index contributed by atoms with van der Waals surface area (Å²) in [5, 5.41) is 20.6. The van der Waals surface area contributed by atoms with Gasteiger partial charge in [0.2, 0.25) is 0 Å². The number of ether oxygens (including phenoxy) is 3. The lowest BCUT2D eigenvalue weighted by Gasteiger charge is -2.29. The molecule has 0 radical (unpaired) electrons. The second kappa shape index (κ2) is 23.7. The van der Waals surface area contributed by atoms with Crippen molar-refractivity contribution in [3.05, 3.63) is 101 Å². The molecule has 0 aromatic heterocycles. The van der Waals surface area contributed by atoms with Crippen LogP contribution in [0.2, 0.25) is 0 Å². The summed E-state index contributed by atoms with van der Waals surface area (Å²) in [7, 11) is 0. The minimum absolute atomic E-state index is 0.0985. The van der Waals surface area contributed by atoms with Crippen LogP contribution in [-0.4, -0.2) is 59.9 Å². The maximum atomic E-state index is 12.2. The van der Waals surface area contributed by atoms with Gasteiger partial charge in [0.15, 0.2) is 6.61 Å². The fourth-order valence-electron chi connectivity index (χ4n) is 6.84. The predicted octanol–water partition coefficient (Wildman–Crippen LogP) is 10.2. The molecule has 0 fully saturated rings. The van der Waals surface area contributed by atoms with Crippen LogP contribution in [0, 0.1) is 5.41 Å². The molecule has 0 aliphatic rings. The number of aromatic hydroxyl groups is 1. The van der Waals surface area contributed by atoms with Crippen molar-refractivity contribution in [1.82, 2.24) is 0 Å². The zero-order valence-electron chi connectivity index (χ0n) is 34.3. The molecule has 0 spiro atoms. The molecule has 0 heterocycles. The third kappa shape index (κ3) is 14.1. The van der Waals surface area contributed by atoms with Gasteiger partial charge in [-0.2, -0.15) is 0 Å². The summed E-state index contributed by atoms with van der Waals surface area (Å²) in [4.78, 5) is 24.3. The van der Waals surface area contributed by atoms with Crippen LogP contribution in [0.4, 0.5) is 0 Å². The van der Waals surface area contributed by atoms with E-state index in [4.69, 9.17) is 14.2 Å². The number of aliphatic hydroxyl groups excluding tert-OH is 2. The molecular weight excluding hydrogens is 689 g/mol. The highest BCUT2D eigenvalue weighted by Gasteiger charge is 2.30. The Kier molecular flexibility index (Phi) is 19.4. The lowest BCUT2D eigenvalue weighted by Crippen LogP contribution is -2.31. The lowest BCUT2D eigenvalue weighted by atomic mass is 9.81. The topological polar surface area (TPSA) is 106 Å². The van der Waals surface area contributed by atoms with E-state index >= 15 is 0 Å². The maximum Gasteiger partial charge on any atom is 0.333 e. The van der Waals surface area contributed by atoms with Crippen LogP contribution in [0.5, 0.6) is 5.75 Å². The van der Waals surface area contributed by atoms with E-state index in [0.29, 0.717) is 49.9 Å². The van der Waals surface area contributed by atoms with E-state index in [9.17, 15) is 19.8 Å². The molecule has 0 bridgehead atoms. The molecule has 0 saturated heterocycles. The normalized spacial score (nSPS) is 11.3. The lowest BCUT2D eigenvalue weighted by molar-refractivity contribution is -0.139. The van der Waals surface area contributed by atoms with Crippen LogP contribution < -0.4 is 0 Å². The van der Waals surface area contributed by atoms with Crippen LogP contribution in [0.25, 0.3) is 22.3 Å². The summed E-state index contributed by atoms with van der Waals surface area (Å²) < 4.78 is 16.1. The third-order valence-electron chi connectivity index (χ3n) is 10.4. The molecule has 7 heteroatoms. The summed E-state index contributed by atoms with van der Waals surface area (Å²) >= 11 is 0. The molecular formula is C48H67O7+. The molecule has 0 saturated carbocycles. The highest BCUT2D eigenvalue weighted by atomic mass is 16.5. The first-order valence-corrected chi connectivity index (χ1v) is 20.4. The Labute approximate surface area is 330 Å². The van der Waals surface area contributed by atoms with Crippen molar-refractivity contribution < 1.29 is 34.0 Å². The van der Waals surface area contributed by atoms with Gasteiger partial charge in [0.05, 0.1) is 26.4 Å². The van der Waals surface area contributed by atoms with E-state index in [2.05, 4.69) is 88.5 Å². The van der Waals surface area contributed by atoms with Gasteiger partial charge < -0.3 is 24.4 Å². The van der Waals surface area contributed by atoms with Crippen LogP contribution in [0.1, 0.15) is 115 Å². The van der Waals surface area contributed by atoms with Gasteiger partial charge >= 0.3 is 11.9 Å². The minimum atomic E-state index is -0.597. The molecule has 0 amide bonds. The van der Waals surface area contributed by atoms with E-state index in [1.54, 1.807) is 13.8 Å². The molecule has 55 heavy (non-hydrogen) atoms. The average molecular weight is 756 g/mol. The van der Waals surface area contributed by atoms with Gasteiger partial charge in [-0.05, 0) is 111 Å². The smallest absolute Gasteiger partial charge is 0.333 e. The summed E-state index contributed by atoms with van der Waals surface area (Å²) in [5.74, 6) is 0.0629. The SMILES string of the molecule is C=C(C)C(=O)OCCCc1cc(-c2ccc(-c3ccc(CCCCC)cc3)cc2CC)cc(CCCOC(=O)C(=C)C)c1[OH+]CCC(CO)(CO)CCCC. The molecule has 3 rings (SSSR count). The first kappa shape index (κ1) is 45.2. The van der Waals surface area contributed by atoms with Gasteiger partial charge in [0.1, 0.15) is 0 Å². The van der Waals surface area contributed by atoms with E-state index in [1.165, 1.54) is 41.5 Å². The minimum Gasteiger partial charge on any atom is -0.582 e. The Morgan fingerprint density at radius 1 is 0.655 bits per heavy atom. The van der Waals surface area contributed by atoms with Crippen molar-refractivity contribution in [2.45, 2.75) is 118 Å². The van der Waals surface area contributed by atoms with Crippen molar-refractivity contribution in [1.29, 1.82) is 0 Å². The van der Waals surface area contributed by atoms with Gasteiger partial charge in [-0.1, -0.05) is 102 Å². The molecule has 300 valence electrons. The zero-order chi connectivity index (χ0) is 40.2. The molecule has 3 N–H and O–H groups in total. The monoisotopic (exact) mass is 755 g/mol. The van der Waals surface area contributed by atoms with Crippen LogP contribution in [-0.2, 0) is 44.7 Å². The van der Waals surface area contributed by atoms with Crippen molar-refractivity contribution in [3.63, 3.8) is 0 Å². The van der Waals surface area contributed by atoms with Crippen molar-refractivity contribution in [2.24, 2.45) is 5.41 Å². The van der Waals surface area contributed by atoms with Gasteiger partial charge in [-0.25, -0.2) is 9.59 Å². The van der Waals surface area contributed by atoms with E-state index in [-0.39, 0.29) is 26.4 Å². The van der Waals surface area contributed by atoms with E-state index < -0.39 is 17.4 Å². The van der Waals surface area contributed by atoms with Crippen molar-refractivity contribution >= 4 is 11.9 Å². The Hall–Kier alpha value is -4.20. The largest absolute Gasteiger partial charge is 0.582 e. The number of hydrogen-bond donors (Lipinski definition) is 2. The van der Waals surface area contributed by atoms with E-state index in [1.807, 2.05) is 0 Å². The van der Waals surface area contributed by atoms with E-state index in [0.717, 1.165) is 60.1 Å². The quantitative estimate of drug-likeness (QED) is 0.0366. The van der Waals surface area contributed by atoms with Crippen molar-refractivity contribution in [2.75, 3.05) is 33.0 Å². The number of carbonyl (C=O) groups excluding carboxylic acids is 2. The Morgan fingerprint density at radius 2 is 1.20 bits per heavy atom. The highest BCUT2D eigenvalue weighted by molar-refractivity contribution is 5.87. The number of aryl methyl sites for hydroxylation is 4. The number of aliphatic hydroxyl groups is 3. The summed E-state index contributed by atoms with van der Waals surface area (Å²) in [6.45, 7) is 18.0. The second-order valence-corrected chi connectivity index (χ2v) is 15.1. The summed E-state index contributed by atoms with van der Waals surface area (Å²) in [6, 6.07) is 20.1. The van der Waals surface area contributed by atoms with Crippen molar-refractivity contribution in [3.8, 4) is 28.0 Å². The number of rotatable bonds is 26. The predicted molar refractivity (Wildman–Crippen MR) is 225 cm³/mol. The van der Waals surface area contributed by atoms with Gasteiger partial charge in [0.25, 0.3) is 5.75 Å². The number of carbonyl (C=O) groups is 2. The molecule has 3 aromatic rings. The van der Waals surface area contributed by atoms with Gasteiger partial charge in [0, 0.05) is 34.1 Å². The number of esters is 2.